The Labute approximate surface area is 123 Å². The van der Waals surface area contributed by atoms with Crippen molar-refractivity contribution < 1.29 is 4.74 Å². The SMILES string of the molecule is CNc1nc(NCc2ccnc(OC)c2)nc(N(C)C)n1. The molecular formula is C13H19N7O. The molecule has 2 aromatic rings. The van der Waals surface area contributed by atoms with Gasteiger partial charge in [-0.05, 0) is 11.6 Å². The zero-order valence-electron chi connectivity index (χ0n) is 12.6. The first-order valence-corrected chi connectivity index (χ1v) is 6.46. The molecule has 0 bridgehead atoms. The molecule has 2 heterocycles. The highest BCUT2D eigenvalue weighted by molar-refractivity contribution is 5.43. The van der Waals surface area contributed by atoms with E-state index in [4.69, 9.17) is 4.74 Å². The van der Waals surface area contributed by atoms with Crippen LogP contribution in [0.25, 0.3) is 0 Å². The van der Waals surface area contributed by atoms with Crippen molar-refractivity contribution in [2.45, 2.75) is 6.54 Å². The minimum absolute atomic E-state index is 0.508. The molecule has 112 valence electrons. The molecule has 0 saturated heterocycles. The number of hydrogen-bond acceptors (Lipinski definition) is 8. The molecule has 2 N–H and O–H groups in total. The fourth-order valence-corrected chi connectivity index (χ4v) is 1.61. The summed E-state index contributed by atoms with van der Waals surface area (Å²) < 4.78 is 5.10. The Morgan fingerprint density at radius 1 is 1.19 bits per heavy atom. The Bertz CT molecular complexity index is 603. The number of pyridine rings is 1. The van der Waals surface area contributed by atoms with Crippen molar-refractivity contribution >= 4 is 17.8 Å². The summed E-state index contributed by atoms with van der Waals surface area (Å²) in [7, 11) is 7.12. The van der Waals surface area contributed by atoms with E-state index in [9.17, 15) is 0 Å². The van der Waals surface area contributed by atoms with Gasteiger partial charge in [0.15, 0.2) is 0 Å². The van der Waals surface area contributed by atoms with Crippen LogP contribution in [-0.4, -0.2) is 48.2 Å². The van der Waals surface area contributed by atoms with E-state index in [1.165, 1.54) is 0 Å². The highest BCUT2D eigenvalue weighted by Gasteiger charge is 2.07. The third kappa shape index (κ3) is 3.91. The van der Waals surface area contributed by atoms with Gasteiger partial charge in [0.05, 0.1) is 7.11 Å². The molecule has 2 aromatic heterocycles. The zero-order valence-corrected chi connectivity index (χ0v) is 12.6. The first-order chi connectivity index (χ1) is 10.1. The second kappa shape index (κ2) is 6.69. The van der Waals surface area contributed by atoms with Gasteiger partial charge in [-0.1, -0.05) is 0 Å². The van der Waals surface area contributed by atoms with Gasteiger partial charge in [-0.15, -0.1) is 0 Å². The van der Waals surface area contributed by atoms with Crippen LogP contribution in [0.4, 0.5) is 17.8 Å². The van der Waals surface area contributed by atoms with Crippen LogP contribution in [0.15, 0.2) is 18.3 Å². The predicted molar refractivity (Wildman–Crippen MR) is 81.8 cm³/mol. The molecule has 0 atom stereocenters. The quantitative estimate of drug-likeness (QED) is 0.814. The summed E-state index contributed by atoms with van der Waals surface area (Å²) in [6.45, 7) is 0.568. The van der Waals surface area contributed by atoms with Gasteiger partial charge < -0.3 is 20.3 Å². The van der Waals surface area contributed by atoms with Crippen LogP contribution in [0.5, 0.6) is 5.88 Å². The summed E-state index contributed by atoms with van der Waals surface area (Å²) in [5, 5.41) is 6.09. The number of nitrogens with zero attached hydrogens (tertiary/aromatic N) is 5. The molecule has 0 aromatic carbocycles. The van der Waals surface area contributed by atoms with E-state index < -0.39 is 0 Å². The minimum atomic E-state index is 0.508. The number of nitrogens with one attached hydrogen (secondary N) is 2. The van der Waals surface area contributed by atoms with Crippen molar-refractivity contribution in [3.8, 4) is 5.88 Å². The monoisotopic (exact) mass is 289 g/mol. The smallest absolute Gasteiger partial charge is 0.231 e. The maximum Gasteiger partial charge on any atom is 0.231 e. The van der Waals surface area contributed by atoms with E-state index >= 15 is 0 Å². The van der Waals surface area contributed by atoms with E-state index in [1.807, 2.05) is 31.1 Å². The molecule has 21 heavy (non-hydrogen) atoms. The molecule has 0 fully saturated rings. The first-order valence-electron chi connectivity index (χ1n) is 6.46. The maximum absolute atomic E-state index is 5.10. The predicted octanol–water partition coefficient (Wildman–Crippen LogP) is 0.995. The molecule has 0 unspecified atom stereocenters. The molecule has 0 radical (unpaired) electrons. The van der Waals surface area contributed by atoms with Crippen LogP contribution in [0.2, 0.25) is 0 Å². The highest BCUT2D eigenvalue weighted by atomic mass is 16.5. The Kier molecular flexibility index (Phi) is 4.70. The van der Waals surface area contributed by atoms with Crippen molar-refractivity contribution in [2.75, 3.05) is 43.8 Å². The molecular weight excluding hydrogens is 270 g/mol. The van der Waals surface area contributed by atoms with Crippen molar-refractivity contribution in [3.63, 3.8) is 0 Å². The topological polar surface area (TPSA) is 88.1 Å². The summed E-state index contributed by atoms with van der Waals surface area (Å²) >= 11 is 0. The molecule has 0 aliphatic carbocycles. The summed E-state index contributed by atoms with van der Waals surface area (Å²) in [5.74, 6) is 2.19. The molecule has 8 nitrogen and oxygen atoms in total. The van der Waals surface area contributed by atoms with Crippen LogP contribution >= 0.6 is 0 Å². The minimum Gasteiger partial charge on any atom is -0.481 e. The second-order valence-corrected chi connectivity index (χ2v) is 4.49. The third-order valence-electron chi connectivity index (χ3n) is 2.71. The Balaban J connectivity index is 2.13. The van der Waals surface area contributed by atoms with Gasteiger partial charge in [-0.2, -0.15) is 15.0 Å². The van der Waals surface area contributed by atoms with Crippen molar-refractivity contribution in [1.29, 1.82) is 0 Å². The molecule has 0 aliphatic heterocycles. The number of ether oxygens (including phenoxy) is 1. The van der Waals surface area contributed by atoms with Crippen LogP contribution in [-0.2, 0) is 6.54 Å². The standard InChI is InChI=1S/C13H19N7O/c1-14-11-17-12(19-13(18-11)20(2)3)16-8-9-5-6-15-10(7-9)21-4/h5-7H,8H2,1-4H3,(H2,14,16,17,18,19). The Morgan fingerprint density at radius 3 is 2.62 bits per heavy atom. The lowest BCUT2D eigenvalue weighted by atomic mass is 10.2. The zero-order chi connectivity index (χ0) is 15.2. The van der Waals surface area contributed by atoms with E-state index in [-0.39, 0.29) is 0 Å². The molecule has 2 rings (SSSR count). The fraction of sp³-hybridized carbons (Fsp3) is 0.385. The number of anilines is 3. The summed E-state index contributed by atoms with van der Waals surface area (Å²) in [6.07, 6.45) is 1.70. The van der Waals surface area contributed by atoms with Crippen LogP contribution in [0.3, 0.4) is 0 Å². The lowest BCUT2D eigenvalue weighted by Gasteiger charge is -2.13. The summed E-state index contributed by atoms with van der Waals surface area (Å²) in [6, 6.07) is 3.77. The maximum atomic E-state index is 5.10. The van der Waals surface area contributed by atoms with E-state index in [0.29, 0.717) is 30.3 Å². The normalized spacial score (nSPS) is 10.1. The molecule has 0 aliphatic rings. The lowest BCUT2D eigenvalue weighted by Crippen LogP contribution is -2.16. The van der Waals surface area contributed by atoms with Gasteiger partial charge in [-0.3, -0.25) is 0 Å². The average molecular weight is 289 g/mol. The van der Waals surface area contributed by atoms with Gasteiger partial charge in [0, 0.05) is 40.0 Å². The Morgan fingerprint density at radius 2 is 1.95 bits per heavy atom. The van der Waals surface area contributed by atoms with Crippen molar-refractivity contribution in [1.82, 2.24) is 19.9 Å². The number of aromatic nitrogens is 4. The van der Waals surface area contributed by atoms with Gasteiger partial charge in [0.25, 0.3) is 0 Å². The third-order valence-corrected chi connectivity index (χ3v) is 2.71. The highest BCUT2D eigenvalue weighted by Crippen LogP contribution is 2.13. The Hall–Kier alpha value is -2.64. The van der Waals surface area contributed by atoms with Crippen molar-refractivity contribution in [2.24, 2.45) is 0 Å². The van der Waals surface area contributed by atoms with E-state index in [2.05, 4.69) is 30.6 Å². The van der Waals surface area contributed by atoms with Crippen molar-refractivity contribution in [3.05, 3.63) is 23.9 Å². The van der Waals surface area contributed by atoms with Gasteiger partial charge in [0.2, 0.25) is 23.7 Å². The molecule has 8 heteroatoms. The number of hydrogen-bond donors (Lipinski definition) is 2. The number of methoxy groups -OCH3 is 1. The summed E-state index contributed by atoms with van der Waals surface area (Å²) in [5.41, 5.74) is 1.03. The van der Waals surface area contributed by atoms with Gasteiger partial charge >= 0.3 is 0 Å². The largest absolute Gasteiger partial charge is 0.481 e. The van der Waals surface area contributed by atoms with E-state index in [0.717, 1.165) is 5.56 Å². The second-order valence-electron chi connectivity index (χ2n) is 4.49. The first kappa shape index (κ1) is 14.8. The molecule has 0 saturated carbocycles. The van der Waals surface area contributed by atoms with Gasteiger partial charge in [0.1, 0.15) is 0 Å². The van der Waals surface area contributed by atoms with Gasteiger partial charge in [-0.25, -0.2) is 4.98 Å². The molecule has 0 spiro atoms. The number of rotatable bonds is 6. The van der Waals surface area contributed by atoms with Crippen LogP contribution in [0.1, 0.15) is 5.56 Å². The van der Waals surface area contributed by atoms with Crippen LogP contribution in [0, 0.1) is 0 Å². The van der Waals surface area contributed by atoms with E-state index in [1.54, 1.807) is 20.4 Å². The lowest BCUT2D eigenvalue weighted by molar-refractivity contribution is 0.397. The molecule has 0 amide bonds. The summed E-state index contributed by atoms with van der Waals surface area (Å²) in [4.78, 5) is 18.8. The van der Waals surface area contributed by atoms with Crippen LogP contribution < -0.4 is 20.3 Å². The average Bonchev–Trinajstić information content (AvgIpc) is 2.52. The fourth-order valence-electron chi connectivity index (χ4n) is 1.61.